The molecule has 0 saturated carbocycles. The van der Waals surface area contributed by atoms with Gasteiger partial charge in [-0.05, 0) is 50.9 Å². The predicted octanol–water partition coefficient (Wildman–Crippen LogP) is 2.98. The van der Waals surface area contributed by atoms with Crippen molar-refractivity contribution in [3.8, 4) is 0 Å². The van der Waals surface area contributed by atoms with Crippen molar-refractivity contribution >= 4 is 0 Å². The molecular formula is C18H30N2O. The molecule has 1 aliphatic heterocycles. The highest BCUT2D eigenvalue weighted by atomic mass is 16.5. The van der Waals surface area contributed by atoms with E-state index in [1.807, 2.05) is 0 Å². The Morgan fingerprint density at radius 3 is 2.52 bits per heavy atom. The lowest BCUT2D eigenvalue weighted by atomic mass is 9.93. The molecule has 2 unspecified atom stereocenters. The second kappa shape index (κ2) is 7.39. The summed E-state index contributed by atoms with van der Waals surface area (Å²) >= 11 is 0. The van der Waals surface area contributed by atoms with Crippen LogP contribution in [0.15, 0.2) is 12.1 Å². The van der Waals surface area contributed by atoms with Crippen molar-refractivity contribution in [3.05, 3.63) is 34.4 Å². The van der Waals surface area contributed by atoms with Crippen molar-refractivity contribution in [2.24, 2.45) is 0 Å². The van der Waals surface area contributed by atoms with Crippen molar-refractivity contribution in [3.63, 3.8) is 0 Å². The molecule has 0 aromatic heterocycles. The zero-order valence-corrected chi connectivity index (χ0v) is 14.2. The molecule has 1 aromatic carbocycles. The Hall–Kier alpha value is -0.900. The molecule has 2 atom stereocenters. The van der Waals surface area contributed by atoms with Crippen molar-refractivity contribution in [2.75, 3.05) is 33.3 Å². The average Bonchev–Trinajstić information content (AvgIpc) is 2.45. The quantitative estimate of drug-likeness (QED) is 0.902. The van der Waals surface area contributed by atoms with E-state index in [2.05, 4.69) is 57.1 Å². The lowest BCUT2D eigenvalue weighted by Crippen LogP contribution is -2.45. The highest BCUT2D eigenvalue weighted by molar-refractivity contribution is 5.39. The van der Waals surface area contributed by atoms with E-state index >= 15 is 0 Å². The summed E-state index contributed by atoms with van der Waals surface area (Å²) in [7, 11) is 2.07. The van der Waals surface area contributed by atoms with E-state index in [1.54, 1.807) is 0 Å². The van der Waals surface area contributed by atoms with Crippen LogP contribution in [-0.4, -0.2) is 44.3 Å². The number of rotatable bonds is 5. The van der Waals surface area contributed by atoms with E-state index in [1.165, 1.54) is 22.3 Å². The Bertz CT molecular complexity index is 449. The minimum Gasteiger partial charge on any atom is -0.376 e. The van der Waals surface area contributed by atoms with Gasteiger partial charge < -0.3 is 10.1 Å². The maximum absolute atomic E-state index is 5.78. The molecule has 0 amide bonds. The second-order valence-corrected chi connectivity index (χ2v) is 6.31. The maximum atomic E-state index is 5.78. The molecule has 0 spiro atoms. The molecule has 1 heterocycles. The van der Waals surface area contributed by atoms with Crippen molar-refractivity contribution in [1.82, 2.24) is 10.2 Å². The molecular weight excluding hydrogens is 260 g/mol. The monoisotopic (exact) mass is 290 g/mol. The zero-order valence-electron chi connectivity index (χ0n) is 14.2. The molecule has 1 aliphatic rings. The van der Waals surface area contributed by atoms with Crippen LogP contribution in [0, 0.1) is 20.8 Å². The molecule has 0 bridgehead atoms. The summed E-state index contributed by atoms with van der Waals surface area (Å²) in [5, 5.41) is 3.52. The van der Waals surface area contributed by atoms with Gasteiger partial charge in [0, 0.05) is 25.7 Å². The zero-order chi connectivity index (χ0) is 15.4. The molecule has 2 rings (SSSR count). The van der Waals surface area contributed by atoms with Gasteiger partial charge in [-0.3, -0.25) is 4.90 Å². The van der Waals surface area contributed by atoms with Crippen molar-refractivity contribution < 1.29 is 4.74 Å². The normalized spacial score (nSPS) is 21.5. The molecule has 1 fully saturated rings. The van der Waals surface area contributed by atoms with Gasteiger partial charge in [0.2, 0.25) is 0 Å². The van der Waals surface area contributed by atoms with Crippen LogP contribution in [0.1, 0.15) is 41.6 Å². The van der Waals surface area contributed by atoms with Crippen LogP contribution in [-0.2, 0) is 4.74 Å². The summed E-state index contributed by atoms with van der Waals surface area (Å²) in [4.78, 5) is 2.54. The van der Waals surface area contributed by atoms with E-state index in [4.69, 9.17) is 4.74 Å². The molecule has 3 nitrogen and oxygen atoms in total. The highest BCUT2D eigenvalue weighted by Gasteiger charge is 2.23. The molecule has 21 heavy (non-hydrogen) atoms. The topological polar surface area (TPSA) is 24.5 Å². The van der Waals surface area contributed by atoms with Gasteiger partial charge in [0.1, 0.15) is 0 Å². The fraction of sp³-hybridized carbons (Fsp3) is 0.667. The lowest BCUT2D eigenvalue weighted by molar-refractivity contribution is -0.0320. The number of hydrogen-bond donors (Lipinski definition) is 1. The first-order valence-corrected chi connectivity index (χ1v) is 8.14. The van der Waals surface area contributed by atoms with Crippen LogP contribution >= 0.6 is 0 Å². The standard InChI is InChI=1S/C18H30N2O/c1-6-16-11-20(7-8-21-16)12-17(19-5)18-14(3)9-13(2)10-15(18)4/h9-10,16-17,19H,6-8,11-12H2,1-5H3. The third kappa shape index (κ3) is 4.06. The molecule has 118 valence electrons. The summed E-state index contributed by atoms with van der Waals surface area (Å²) in [6.45, 7) is 12.9. The van der Waals surface area contributed by atoms with E-state index in [-0.39, 0.29) is 0 Å². The van der Waals surface area contributed by atoms with Crippen molar-refractivity contribution in [2.45, 2.75) is 46.3 Å². The Balaban J connectivity index is 2.13. The van der Waals surface area contributed by atoms with Gasteiger partial charge in [-0.2, -0.15) is 0 Å². The number of morpholine rings is 1. The molecule has 3 heteroatoms. The number of nitrogens with one attached hydrogen (secondary N) is 1. The SMILES string of the molecule is CCC1CN(CC(NC)c2c(C)cc(C)cc2C)CCO1. The number of aryl methyl sites for hydroxylation is 3. The van der Waals surface area contributed by atoms with Gasteiger partial charge >= 0.3 is 0 Å². The second-order valence-electron chi connectivity index (χ2n) is 6.31. The van der Waals surface area contributed by atoms with Crippen LogP contribution in [0.3, 0.4) is 0 Å². The smallest absolute Gasteiger partial charge is 0.0700 e. The van der Waals surface area contributed by atoms with Gasteiger partial charge in [-0.15, -0.1) is 0 Å². The van der Waals surface area contributed by atoms with Crippen LogP contribution in [0.2, 0.25) is 0 Å². The van der Waals surface area contributed by atoms with Crippen molar-refractivity contribution in [1.29, 1.82) is 0 Å². The third-order valence-corrected chi connectivity index (χ3v) is 4.55. The molecule has 0 radical (unpaired) electrons. The molecule has 1 N–H and O–H groups in total. The van der Waals surface area contributed by atoms with E-state index in [9.17, 15) is 0 Å². The summed E-state index contributed by atoms with van der Waals surface area (Å²) in [6.07, 6.45) is 1.50. The number of benzene rings is 1. The number of nitrogens with zero attached hydrogens (tertiary/aromatic N) is 1. The van der Waals surface area contributed by atoms with Gasteiger partial charge in [0.05, 0.1) is 12.7 Å². The maximum Gasteiger partial charge on any atom is 0.0700 e. The molecule has 1 saturated heterocycles. The summed E-state index contributed by atoms with van der Waals surface area (Å²) in [5.74, 6) is 0. The Morgan fingerprint density at radius 2 is 1.95 bits per heavy atom. The van der Waals surface area contributed by atoms with Crippen LogP contribution in [0.4, 0.5) is 0 Å². The van der Waals surface area contributed by atoms with Crippen LogP contribution in [0.25, 0.3) is 0 Å². The van der Waals surface area contributed by atoms with E-state index in [0.29, 0.717) is 12.1 Å². The minimum atomic E-state index is 0.390. The first-order chi connectivity index (χ1) is 10.0. The summed E-state index contributed by atoms with van der Waals surface area (Å²) in [5.41, 5.74) is 5.60. The molecule has 1 aromatic rings. The Labute approximate surface area is 129 Å². The predicted molar refractivity (Wildman–Crippen MR) is 88.9 cm³/mol. The summed E-state index contributed by atoms with van der Waals surface area (Å²) in [6, 6.07) is 4.97. The minimum absolute atomic E-state index is 0.390. The van der Waals surface area contributed by atoms with Crippen LogP contribution < -0.4 is 5.32 Å². The van der Waals surface area contributed by atoms with Gasteiger partial charge in [0.25, 0.3) is 0 Å². The Kier molecular flexibility index (Phi) is 5.80. The van der Waals surface area contributed by atoms with E-state index in [0.717, 1.165) is 32.7 Å². The number of likely N-dealkylation sites (N-methyl/N-ethyl adjacent to an activating group) is 1. The number of hydrogen-bond acceptors (Lipinski definition) is 3. The van der Waals surface area contributed by atoms with E-state index < -0.39 is 0 Å². The van der Waals surface area contributed by atoms with Gasteiger partial charge in [-0.1, -0.05) is 24.6 Å². The lowest BCUT2D eigenvalue weighted by Gasteiger charge is -2.35. The third-order valence-electron chi connectivity index (χ3n) is 4.55. The van der Waals surface area contributed by atoms with Crippen LogP contribution in [0.5, 0.6) is 0 Å². The van der Waals surface area contributed by atoms with Gasteiger partial charge in [-0.25, -0.2) is 0 Å². The fourth-order valence-electron chi connectivity index (χ4n) is 3.52. The highest BCUT2D eigenvalue weighted by Crippen LogP contribution is 2.25. The first kappa shape index (κ1) is 16.5. The fourth-order valence-corrected chi connectivity index (χ4v) is 3.52. The largest absolute Gasteiger partial charge is 0.376 e. The number of ether oxygens (including phenoxy) is 1. The summed E-state index contributed by atoms with van der Waals surface area (Å²) < 4.78 is 5.78. The Morgan fingerprint density at radius 1 is 1.29 bits per heavy atom. The molecule has 0 aliphatic carbocycles. The van der Waals surface area contributed by atoms with Gasteiger partial charge in [0.15, 0.2) is 0 Å². The first-order valence-electron chi connectivity index (χ1n) is 8.14. The average molecular weight is 290 g/mol.